The van der Waals surface area contributed by atoms with Gasteiger partial charge >= 0.3 is 5.97 Å². The van der Waals surface area contributed by atoms with Crippen molar-refractivity contribution in [3.8, 4) is 5.75 Å². The van der Waals surface area contributed by atoms with Gasteiger partial charge in [-0.3, -0.25) is 9.69 Å². The summed E-state index contributed by atoms with van der Waals surface area (Å²) in [7, 11) is 0. The van der Waals surface area contributed by atoms with Gasteiger partial charge in [-0.2, -0.15) is 0 Å². The number of carboxylic acid groups (broad SMARTS) is 1. The molecule has 1 saturated heterocycles. The van der Waals surface area contributed by atoms with Gasteiger partial charge in [0.1, 0.15) is 11.8 Å². The van der Waals surface area contributed by atoms with Gasteiger partial charge in [-0.25, -0.2) is 0 Å². The van der Waals surface area contributed by atoms with E-state index in [0.717, 1.165) is 0 Å². The Bertz CT molecular complexity index is 452. The minimum atomic E-state index is -0.920. The third kappa shape index (κ3) is 2.75. The van der Waals surface area contributed by atoms with E-state index < -0.39 is 12.0 Å². The summed E-state index contributed by atoms with van der Waals surface area (Å²) >= 11 is 5.82. The quantitative estimate of drug-likeness (QED) is 0.868. The van der Waals surface area contributed by atoms with E-state index in [4.69, 9.17) is 21.4 Å². The summed E-state index contributed by atoms with van der Waals surface area (Å²) in [5.74, 6) is -0.911. The van der Waals surface area contributed by atoms with Crippen molar-refractivity contribution in [2.75, 3.05) is 19.8 Å². The van der Waals surface area contributed by atoms with Gasteiger partial charge in [-0.05, 0) is 6.07 Å². The summed E-state index contributed by atoms with van der Waals surface area (Å²) in [6.07, 6.45) is 0. The topological polar surface area (TPSA) is 70.0 Å². The molecule has 1 aliphatic rings. The lowest BCUT2D eigenvalue weighted by Gasteiger charge is -2.32. The summed E-state index contributed by atoms with van der Waals surface area (Å²) in [5, 5.41) is 19.2. The zero-order valence-electron chi connectivity index (χ0n) is 9.67. The van der Waals surface area contributed by atoms with E-state index >= 15 is 0 Å². The van der Waals surface area contributed by atoms with Crippen LogP contribution < -0.4 is 0 Å². The van der Waals surface area contributed by atoms with Gasteiger partial charge in [0, 0.05) is 18.7 Å². The van der Waals surface area contributed by atoms with Gasteiger partial charge < -0.3 is 14.9 Å². The first-order chi connectivity index (χ1) is 8.59. The summed E-state index contributed by atoms with van der Waals surface area (Å²) in [4.78, 5) is 12.9. The Kier molecular flexibility index (Phi) is 4.06. The monoisotopic (exact) mass is 271 g/mol. The fourth-order valence-electron chi connectivity index (χ4n) is 1.96. The summed E-state index contributed by atoms with van der Waals surface area (Å²) < 4.78 is 5.15. The Morgan fingerprint density at radius 3 is 3.06 bits per heavy atom. The predicted octanol–water partition coefficient (Wildman–Crippen LogP) is 1.33. The molecule has 1 aromatic carbocycles. The number of carbonyl (C=O) groups is 1. The molecule has 6 heteroatoms. The van der Waals surface area contributed by atoms with Crippen LogP contribution in [0.1, 0.15) is 5.56 Å². The second-order valence-corrected chi connectivity index (χ2v) is 4.55. The van der Waals surface area contributed by atoms with Crippen LogP contribution in [0.2, 0.25) is 5.02 Å². The zero-order chi connectivity index (χ0) is 13.1. The van der Waals surface area contributed by atoms with Gasteiger partial charge in [0.2, 0.25) is 0 Å². The Morgan fingerprint density at radius 2 is 2.33 bits per heavy atom. The van der Waals surface area contributed by atoms with Crippen molar-refractivity contribution in [1.29, 1.82) is 0 Å². The predicted molar refractivity (Wildman–Crippen MR) is 65.8 cm³/mol. The van der Waals surface area contributed by atoms with Crippen LogP contribution in [0.5, 0.6) is 5.75 Å². The zero-order valence-corrected chi connectivity index (χ0v) is 10.4. The summed E-state index contributed by atoms with van der Waals surface area (Å²) in [6, 6.07) is 4.37. The van der Waals surface area contributed by atoms with Crippen molar-refractivity contribution in [2.24, 2.45) is 0 Å². The maximum absolute atomic E-state index is 11.1. The highest BCUT2D eigenvalue weighted by Crippen LogP contribution is 2.28. The van der Waals surface area contributed by atoms with Crippen LogP contribution >= 0.6 is 11.6 Å². The Balaban J connectivity index is 2.16. The number of rotatable bonds is 3. The first-order valence-corrected chi connectivity index (χ1v) is 5.98. The van der Waals surface area contributed by atoms with Crippen molar-refractivity contribution in [3.63, 3.8) is 0 Å². The second kappa shape index (κ2) is 5.56. The molecule has 1 atom stereocenters. The molecule has 0 amide bonds. The number of hydrogen-bond donors (Lipinski definition) is 2. The van der Waals surface area contributed by atoms with Crippen molar-refractivity contribution in [1.82, 2.24) is 4.90 Å². The number of ether oxygens (including phenoxy) is 1. The number of nitrogens with zero attached hydrogens (tertiary/aromatic N) is 1. The number of hydrogen-bond acceptors (Lipinski definition) is 4. The number of para-hydroxylation sites is 1. The molecule has 98 valence electrons. The highest BCUT2D eigenvalue weighted by Gasteiger charge is 2.29. The molecule has 0 aromatic heterocycles. The molecule has 1 aliphatic heterocycles. The summed E-state index contributed by atoms with van der Waals surface area (Å²) in [5.41, 5.74) is 0.621. The standard InChI is InChI=1S/C12H14ClNO4/c13-9-3-1-2-8(11(9)15)6-14-4-5-18-7-10(14)12(16)17/h1-3,10,15H,4-7H2,(H,16,17). The van der Waals surface area contributed by atoms with Gasteiger partial charge in [0.25, 0.3) is 0 Å². The van der Waals surface area contributed by atoms with Crippen molar-refractivity contribution in [2.45, 2.75) is 12.6 Å². The molecule has 5 nitrogen and oxygen atoms in total. The van der Waals surface area contributed by atoms with Gasteiger partial charge in [-0.15, -0.1) is 0 Å². The minimum Gasteiger partial charge on any atom is -0.506 e. The van der Waals surface area contributed by atoms with Crippen molar-refractivity contribution >= 4 is 17.6 Å². The molecule has 0 spiro atoms. The minimum absolute atomic E-state index is 0.00907. The highest BCUT2D eigenvalue weighted by atomic mass is 35.5. The van der Waals surface area contributed by atoms with Crippen molar-refractivity contribution in [3.05, 3.63) is 28.8 Å². The number of morpholine rings is 1. The van der Waals surface area contributed by atoms with Crippen LogP contribution in [0.4, 0.5) is 0 Å². The molecule has 1 heterocycles. The molecule has 1 unspecified atom stereocenters. The largest absolute Gasteiger partial charge is 0.506 e. The average Bonchev–Trinajstić information content (AvgIpc) is 2.35. The fourth-order valence-corrected chi connectivity index (χ4v) is 2.16. The molecule has 2 N–H and O–H groups in total. The van der Waals surface area contributed by atoms with Crippen molar-refractivity contribution < 1.29 is 19.7 Å². The molecule has 1 aromatic rings. The molecule has 0 saturated carbocycles. The number of phenols is 1. The number of aliphatic carboxylic acids is 1. The number of benzene rings is 1. The van der Waals surface area contributed by atoms with E-state index in [2.05, 4.69) is 0 Å². The molecule has 2 rings (SSSR count). The first-order valence-electron chi connectivity index (χ1n) is 5.60. The van der Waals surface area contributed by atoms with Gasteiger partial charge in [0.05, 0.1) is 18.2 Å². The lowest BCUT2D eigenvalue weighted by atomic mass is 10.1. The van der Waals surface area contributed by atoms with E-state index in [9.17, 15) is 9.90 Å². The lowest BCUT2D eigenvalue weighted by molar-refractivity contribution is -0.150. The van der Waals surface area contributed by atoms with Crippen LogP contribution in [0, 0.1) is 0 Å². The van der Waals surface area contributed by atoms with E-state index in [0.29, 0.717) is 25.3 Å². The SMILES string of the molecule is O=C(O)C1COCCN1Cc1cccc(Cl)c1O. The number of carboxylic acids is 1. The molecular weight excluding hydrogens is 258 g/mol. The van der Waals surface area contributed by atoms with E-state index in [1.165, 1.54) is 0 Å². The van der Waals surface area contributed by atoms with Crippen LogP contribution in [0.3, 0.4) is 0 Å². The molecule has 1 fully saturated rings. The maximum atomic E-state index is 11.1. The highest BCUT2D eigenvalue weighted by molar-refractivity contribution is 6.32. The van der Waals surface area contributed by atoms with E-state index in [1.807, 2.05) is 0 Å². The number of phenolic OH excluding ortho intramolecular Hbond substituents is 1. The molecule has 0 bridgehead atoms. The van der Waals surface area contributed by atoms with E-state index in [-0.39, 0.29) is 17.4 Å². The molecule has 18 heavy (non-hydrogen) atoms. The number of aromatic hydroxyl groups is 1. The van der Waals surface area contributed by atoms with Gasteiger partial charge in [-0.1, -0.05) is 23.7 Å². The van der Waals surface area contributed by atoms with Crippen LogP contribution in [0.15, 0.2) is 18.2 Å². The number of halogens is 1. The smallest absolute Gasteiger partial charge is 0.323 e. The lowest BCUT2D eigenvalue weighted by Crippen LogP contribution is -2.49. The van der Waals surface area contributed by atoms with Crippen LogP contribution in [-0.4, -0.2) is 46.9 Å². The first kappa shape index (κ1) is 13.1. The fraction of sp³-hybridized carbons (Fsp3) is 0.417. The Hall–Kier alpha value is -1.30. The summed E-state index contributed by atoms with van der Waals surface area (Å²) in [6.45, 7) is 1.51. The third-order valence-corrected chi connectivity index (χ3v) is 3.27. The maximum Gasteiger partial charge on any atom is 0.323 e. The average molecular weight is 272 g/mol. The molecule has 0 radical (unpaired) electrons. The van der Waals surface area contributed by atoms with Crippen LogP contribution in [-0.2, 0) is 16.1 Å². The second-order valence-electron chi connectivity index (χ2n) is 4.15. The van der Waals surface area contributed by atoms with Gasteiger partial charge in [0.15, 0.2) is 0 Å². The van der Waals surface area contributed by atoms with Crippen LogP contribution in [0.25, 0.3) is 0 Å². The van der Waals surface area contributed by atoms with E-state index in [1.54, 1.807) is 23.1 Å². The normalized spacial score (nSPS) is 20.8. The third-order valence-electron chi connectivity index (χ3n) is 2.97. The Labute approximate surface area is 110 Å². The molecular formula is C12H14ClNO4. The Morgan fingerprint density at radius 1 is 1.56 bits per heavy atom. The molecule has 0 aliphatic carbocycles.